The normalized spacial score (nSPS) is 18.9. The maximum atomic E-state index is 14.3. The summed E-state index contributed by atoms with van der Waals surface area (Å²) in [5, 5.41) is 4.84. The molecule has 0 saturated carbocycles. The number of pyridine rings is 1. The maximum Gasteiger partial charge on any atom is 0.251 e. The van der Waals surface area contributed by atoms with Crippen molar-refractivity contribution >= 4 is 16.7 Å². The highest BCUT2D eigenvalue weighted by atomic mass is 19.1. The predicted octanol–water partition coefficient (Wildman–Crippen LogP) is 3.58. The molecule has 0 unspecified atom stereocenters. The molecule has 1 fully saturated rings. The van der Waals surface area contributed by atoms with Crippen molar-refractivity contribution in [1.29, 1.82) is 0 Å². The van der Waals surface area contributed by atoms with Gasteiger partial charge in [0.25, 0.3) is 5.91 Å². The van der Waals surface area contributed by atoms with Gasteiger partial charge in [-0.05, 0) is 41.0 Å². The Labute approximate surface area is 174 Å². The van der Waals surface area contributed by atoms with E-state index in [4.69, 9.17) is 14.2 Å². The van der Waals surface area contributed by atoms with Crippen LogP contribution in [0.4, 0.5) is 4.39 Å². The van der Waals surface area contributed by atoms with E-state index in [-0.39, 0.29) is 18.1 Å². The van der Waals surface area contributed by atoms with Gasteiger partial charge in [-0.25, -0.2) is 9.37 Å². The van der Waals surface area contributed by atoms with E-state index < -0.39 is 5.82 Å². The van der Waals surface area contributed by atoms with Gasteiger partial charge in [0.05, 0.1) is 26.0 Å². The molecule has 2 atom stereocenters. The summed E-state index contributed by atoms with van der Waals surface area (Å²) in [7, 11) is 3.11. The number of fused-ring (bicyclic) bond motifs is 1. The summed E-state index contributed by atoms with van der Waals surface area (Å²) in [6.07, 6.45) is 1.70. The molecule has 0 spiro atoms. The monoisotopic (exact) mass is 410 g/mol. The van der Waals surface area contributed by atoms with Gasteiger partial charge in [0.15, 0.2) is 0 Å². The molecule has 30 heavy (non-hydrogen) atoms. The molecule has 0 bridgehead atoms. The van der Waals surface area contributed by atoms with Crippen LogP contribution in [0.25, 0.3) is 21.9 Å². The number of ether oxygens (including phenoxy) is 3. The lowest BCUT2D eigenvalue weighted by molar-refractivity contribution is -0.0479. The number of halogens is 1. The van der Waals surface area contributed by atoms with E-state index in [1.807, 2.05) is 30.3 Å². The van der Waals surface area contributed by atoms with Crippen LogP contribution in [0.3, 0.4) is 0 Å². The summed E-state index contributed by atoms with van der Waals surface area (Å²) < 4.78 is 30.2. The SMILES string of the molecule is COc1cc(-c2ccc3cc(C(=O)N[C@H]4CCOC[C@@H]4OC)ccc3c2)c(F)cn1. The molecule has 1 aliphatic heterocycles. The van der Waals surface area contributed by atoms with Crippen LogP contribution >= 0.6 is 0 Å². The summed E-state index contributed by atoms with van der Waals surface area (Å²) in [5.41, 5.74) is 1.69. The standard InChI is InChI=1S/C23H23FN2O4/c1-28-21-13-30-8-7-20(21)26-23(27)17-6-4-14-9-16(5-3-15(14)10-17)18-11-22(29-2)25-12-19(18)24/h3-6,9-12,20-21H,7-8,13H2,1-2H3,(H,26,27)/t20-,21-/m0/s1. The number of aromatic nitrogens is 1. The first-order valence-corrected chi connectivity index (χ1v) is 9.74. The summed E-state index contributed by atoms with van der Waals surface area (Å²) in [5.74, 6) is -0.226. The lowest BCUT2D eigenvalue weighted by atomic mass is 9.99. The summed E-state index contributed by atoms with van der Waals surface area (Å²) in [6.45, 7) is 1.07. The lowest BCUT2D eigenvalue weighted by Gasteiger charge is -2.31. The van der Waals surface area contributed by atoms with Crippen LogP contribution in [0.2, 0.25) is 0 Å². The molecule has 1 aromatic heterocycles. The number of carbonyl (C=O) groups is 1. The molecule has 2 heterocycles. The first-order valence-electron chi connectivity index (χ1n) is 9.74. The van der Waals surface area contributed by atoms with Gasteiger partial charge < -0.3 is 19.5 Å². The summed E-state index contributed by atoms with van der Waals surface area (Å²) >= 11 is 0. The van der Waals surface area contributed by atoms with Gasteiger partial charge in [-0.1, -0.05) is 18.2 Å². The number of amides is 1. The highest BCUT2D eigenvalue weighted by Gasteiger charge is 2.27. The number of nitrogens with one attached hydrogen (secondary N) is 1. The van der Waals surface area contributed by atoms with Crippen molar-refractivity contribution in [3.8, 4) is 17.0 Å². The van der Waals surface area contributed by atoms with Crippen LogP contribution in [0.5, 0.6) is 5.88 Å². The van der Waals surface area contributed by atoms with Gasteiger partial charge in [-0.3, -0.25) is 4.79 Å². The first-order chi connectivity index (χ1) is 14.6. The minimum atomic E-state index is -0.421. The van der Waals surface area contributed by atoms with Crippen LogP contribution in [0.1, 0.15) is 16.8 Å². The fraction of sp³-hybridized carbons (Fsp3) is 0.304. The van der Waals surface area contributed by atoms with Gasteiger partial charge in [0, 0.05) is 30.9 Å². The average molecular weight is 410 g/mol. The Bertz CT molecular complexity index is 1070. The smallest absolute Gasteiger partial charge is 0.251 e. The van der Waals surface area contributed by atoms with Crippen molar-refractivity contribution in [2.45, 2.75) is 18.6 Å². The second-order valence-corrected chi connectivity index (χ2v) is 7.20. The summed E-state index contributed by atoms with van der Waals surface area (Å²) in [4.78, 5) is 16.6. The number of benzene rings is 2. The fourth-order valence-corrected chi connectivity index (χ4v) is 3.67. The molecule has 1 N–H and O–H groups in total. The highest BCUT2D eigenvalue weighted by molar-refractivity contribution is 5.99. The van der Waals surface area contributed by atoms with Crippen LogP contribution in [0.15, 0.2) is 48.7 Å². The Morgan fingerprint density at radius 2 is 1.97 bits per heavy atom. The molecule has 1 amide bonds. The minimum absolute atomic E-state index is 0.0843. The number of methoxy groups -OCH3 is 2. The lowest BCUT2D eigenvalue weighted by Crippen LogP contribution is -2.49. The van der Waals surface area contributed by atoms with Crippen molar-refractivity contribution in [2.24, 2.45) is 0 Å². The Hall–Kier alpha value is -3.03. The Kier molecular flexibility index (Phi) is 5.92. The summed E-state index contributed by atoms with van der Waals surface area (Å²) in [6, 6.07) is 12.5. The molecule has 2 aromatic carbocycles. The van der Waals surface area contributed by atoms with Gasteiger partial charge >= 0.3 is 0 Å². The maximum absolute atomic E-state index is 14.3. The topological polar surface area (TPSA) is 69.7 Å². The van der Waals surface area contributed by atoms with Crippen LogP contribution in [0, 0.1) is 5.82 Å². The number of nitrogens with zero attached hydrogens (tertiary/aromatic N) is 1. The Balaban J connectivity index is 1.58. The third-order valence-electron chi connectivity index (χ3n) is 5.38. The van der Waals surface area contributed by atoms with Gasteiger partial charge in [-0.2, -0.15) is 0 Å². The average Bonchev–Trinajstić information content (AvgIpc) is 2.79. The van der Waals surface area contributed by atoms with E-state index in [2.05, 4.69) is 10.3 Å². The third kappa shape index (κ3) is 4.13. The zero-order valence-electron chi connectivity index (χ0n) is 16.9. The van der Waals surface area contributed by atoms with Crippen molar-refractivity contribution in [3.05, 3.63) is 60.0 Å². The van der Waals surface area contributed by atoms with Gasteiger partial charge in [0.1, 0.15) is 11.9 Å². The van der Waals surface area contributed by atoms with Crippen molar-refractivity contribution in [3.63, 3.8) is 0 Å². The van der Waals surface area contributed by atoms with Crippen molar-refractivity contribution in [1.82, 2.24) is 10.3 Å². The molecule has 1 saturated heterocycles. The predicted molar refractivity (Wildman–Crippen MR) is 111 cm³/mol. The molecule has 4 rings (SSSR count). The molecule has 1 aliphatic rings. The quantitative estimate of drug-likeness (QED) is 0.696. The van der Waals surface area contributed by atoms with Crippen LogP contribution < -0.4 is 10.1 Å². The van der Waals surface area contributed by atoms with E-state index in [9.17, 15) is 9.18 Å². The molecular weight excluding hydrogens is 387 g/mol. The largest absolute Gasteiger partial charge is 0.481 e. The van der Waals surface area contributed by atoms with E-state index >= 15 is 0 Å². The van der Waals surface area contributed by atoms with Gasteiger partial charge in [-0.15, -0.1) is 0 Å². The minimum Gasteiger partial charge on any atom is -0.481 e. The second kappa shape index (κ2) is 8.77. The fourth-order valence-electron chi connectivity index (χ4n) is 3.67. The van der Waals surface area contributed by atoms with Crippen LogP contribution in [-0.2, 0) is 9.47 Å². The number of carbonyl (C=O) groups excluding carboxylic acids is 1. The number of rotatable bonds is 5. The molecule has 7 heteroatoms. The van der Waals surface area contributed by atoms with E-state index in [1.165, 1.54) is 7.11 Å². The van der Waals surface area contributed by atoms with Crippen molar-refractivity contribution < 1.29 is 23.4 Å². The molecule has 156 valence electrons. The van der Waals surface area contributed by atoms with Crippen LogP contribution in [-0.4, -0.2) is 50.5 Å². The zero-order valence-corrected chi connectivity index (χ0v) is 16.9. The molecule has 0 radical (unpaired) electrons. The molecule has 0 aliphatic carbocycles. The van der Waals surface area contributed by atoms with Gasteiger partial charge in [0.2, 0.25) is 5.88 Å². The highest BCUT2D eigenvalue weighted by Crippen LogP contribution is 2.29. The molecule has 3 aromatic rings. The van der Waals surface area contributed by atoms with Crippen molar-refractivity contribution in [2.75, 3.05) is 27.4 Å². The number of hydrogen-bond donors (Lipinski definition) is 1. The van der Waals surface area contributed by atoms with E-state index in [0.29, 0.717) is 42.2 Å². The molecule has 6 nitrogen and oxygen atoms in total. The molecular formula is C23H23FN2O4. The zero-order chi connectivity index (χ0) is 21.1. The Morgan fingerprint density at radius 1 is 1.17 bits per heavy atom. The second-order valence-electron chi connectivity index (χ2n) is 7.20. The van der Waals surface area contributed by atoms with E-state index in [0.717, 1.165) is 17.0 Å². The Morgan fingerprint density at radius 3 is 2.77 bits per heavy atom. The number of hydrogen-bond acceptors (Lipinski definition) is 5. The first kappa shape index (κ1) is 20.3. The van der Waals surface area contributed by atoms with E-state index in [1.54, 1.807) is 19.2 Å². The third-order valence-corrected chi connectivity index (χ3v) is 5.38.